The van der Waals surface area contributed by atoms with Crippen LogP contribution in [0.25, 0.3) is 0 Å². The van der Waals surface area contributed by atoms with Crippen LogP contribution in [0.2, 0.25) is 5.02 Å². The molecule has 2 rings (SSSR count). The van der Waals surface area contributed by atoms with Crippen LogP contribution in [-0.4, -0.2) is 29.7 Å². The molecule has 0 aliphatic carbocycles. The Morgan fingerprint density at radius 3 is 2.63 bits per heavy atom. The zero-order valence-corrected chi connectivity index (χ0v) is 15.6. The van der Waals surface area contributed by atoms with E-state index in [-0.39, 0.29) is 34.9 Å². The van der Waals surface area contributed by atoms with Crippen LogP contribution >= 0.6 is 11.6 Å². The highest BCUT2D eigenvalue weighted by atomic mass is 35.5. The molecule has 1 heterocycles. The van der Waals surface area contributed by atoms with Crippen LogP contribution in [0, 0.1) is 0 Å². The van der Waals surface area contributed by atoms with Crippen molar-refractivity contribution in [1.82, 2.24) is 10.3 Å². The molecule has 0 fully saturated rings. The van der Waals surface area contributed by atoms with Crippen molar-refractivity contribution in [1.29, 1.82) is 0 Å². The zero-order chi connectivity index (χ0) is 20.0. The highest BCUT2D eigenvalue weighted by Gasteiger charge is 2.15. The monoisotopic (exact) mass is 396 g/mol. The van der Waals surface area contributed by atoms with Gasteiger partial charge in [-0.1, -0.05) is 17.7 Å². The summed E-state index contributed by atoms with van der Waals surface area (Å²) in [7, 11) is 0. The Balaban J connectivity index is 2.06. The summed E-state index contributed by atoms with van der Waals surface area (Å²) < 4.78 is 29.4. The average molecular weight is 397 g/mol. The first-order valence-electron chi connectivity index (χ1n) is 8.22. The number of nitrogens with zero attached hydrogens (tertiary/aromatic N) is 1. The lowest BCUT2D eigenvalue weighted by molar-refractivity contribution is -0.116. The molecule has 1 amide bonds. The van der Waals surface area contributed by atoms with Gasteiger partial charge in [0.2, 0.25) is 0 Å². The van der Waals surface area contributed by atoms with Crippen molar-refractivity contribution in [2.75, 3.05) is 6.61 Å². The zero-order valence-electron chi connectivity index (χ0n) is 14.8. The van der Waals surface area contributed by atoms with Crippen LogP contribution in [0.15, 0.2) is 36.5 Å². The summed E-state index contributed by atoms with van der Waals surface area (Å²) in [6.07, 6.45) is -0.955. The minimum atomic E-state index is -2.59. The van der Waals surface area contributed by atoms with Crippen molar-refractivity contribution in [3.63, 3.8) is 0 Å². The van der Waals surface area contributed by atoms with Crippen LogP contribution in [0.4, 0.5) is 8.78 Å². The lowest BCUT2D eigenvalue weighted by Crippen LogP contribution is -2.26. The molecule has 0 saturated carbocycles. The first-order chi connectivity index (χ1) is 12.8. The van der Waals surface area contributed by atoms with Gasteiger partial charge in [0, 0.05) is 23.9 Å². The maximum Gasteiger partial charge on any atom is 0.272 e. The Bertz CT molecular complexity index is 830. The normalized spacial score (nSPS) is 11.9. The summed E-state index contributed by atoms with van der Waals surface area (Å²) in [5, 5.41) is 3.00. The number of Topliss-reactive ketones (excluding diaryl/α,β-unsaturated/α-hetero) is 1. The molecule has 1 aromatic carbocycles. The summed E-state index contributed by atoms with van der Waals surface area (Å²) in [6, 6.07) is 7.42. The number of ketones is 1. The molecule has 27 heavy (non-hydrogen) atoms. The van der Waals surface area contributed by atoms with Gasteiger partial charge in [-0.25, -0.2) is 8.78 Å². The third-order valence-corrected chi connectivity index (χ3v) is 3.97. The molecule has 1 atom stereocenters. The van der Waals surface area contributed by atoms with E-state index in [2.05, 4.69) is 10.3 Å². The number of amides is 1. The van der Waals surface area contributed by atoms with Gasteiger partial charge in [0.1, 0.15) is 18.1 Å². The second kappa shape index (κ2) is 9.41. The van der Waals surface area contributed by atoms with E-state index in [0.717, 1.165) is 0 Å². The van der Waals surface area contributed by atoms with E-state index < -0.39 is 13.0 Å². The molecule has 144 valence electrons. The second-order valence-electron chi connectivity index (χ2n) is 6.00. The van der Waals surface area contributed by atoms with Gasteiger partial charge in [-0.15, -0.1) is 0 Å². The largest absolute Gasteiger partial charge is 0.486 e. The van der Waals surface area contributed by atoms with Crippen molar-refractivity contribution in [3.8, 4) is 5.75 Å². The first-order valence-corrected chi connectivity index (χ1v) is 8.59. The SMILES string of the molecule is CC(=O)Cc1cc(C(=O)NC(C)c2ccc(OCC(F)F)c(Cl)c2)ccn1. The van der Waals surface area contributed by atoms with Crippen LogP contribution in [0.3, 0.4) is 0 Å². The van der Waals surface area contributed by atoms with Gasteiger partial charge in [0.05, 0.1) is 11.1 Å². The molecule has 2 aromatic rings. The maximum atomic E-state index is 12.4. The minimum Gasteiger partial charge on any atom is -0.486 e. The Labute approximate surface area is 160 Å². The fourth-order valence-electron chi connectivity index (χ4n) is 2.39. The van der Waals surface area contributed by atoms with E-state index in [1.165, 1.54) is 19.2 Å². The Morgan fingerprint density at radius 2 is 2.00 bits per heavy atom. The molecule has 0 saturated heterocycles. The summed E-state index contributed by atoms with van der Waals surface area (Å²) in [6.45, 7) is 2.48. The van der Waals surface area contributed by atoms with Gasteiger partial charge in [-0.3, -0.25) is 14.6 Å². The lowest BCUT2D eigenvalue weighted by Gasteiger charge is -2.16. The fourth-order valence-corrected chi connectivity index (χ4v) is 2.63. The van der Waals surface area contributed by atoms with Gasteiger partial charge in [0.15, 0.2) is 0 Å². The predicted molar refractivity (Wildman–Crippen MR) is 97.5 cm³/mol. The quantitative estimate of drug-likeness (QED) is 0.732. The summed E-state index contributed by atoms with van der Waals surface area (Å²) in [5.41, 5.74) is 1.60. The lowest BCUT2D eigenvalue weighted by atomic mass is 10.1. The van der Waals surface area contributed by atoms with Crippen LogP contribution < -0.4 is 10.1 Å². The molecule has 8 heteroatoms. The maximum absolute atomic E-state index is 12.4. The first kappa shape index (κ1) is 20.8. The van der Waals surface area contributed by atoms with Gasteiger partial charge in [0.25, 0.3) is 12.3 Å². The van der Waals surface area contributed by atoms with Crippen molar-refractivity contribution >= 4 is 23.3 Å². The number of halogens is 3. The van der Waals surface area contributed by atoms with E-state index in [1.807, 2.05) is 0 Å². The van der Waals surface area contributed by atoms with Crippen molar-refractivity contribution in [2.24, 2.45) is 0 Å². The number of hydrogen-bond donors (Lipinski definition) is 1. The number of aromatic nitrogens is 1. The van der Waals surface area contributed by atoms with Crippen LogP contribution in [0.1, 0.15) is 41.5 Å². The molecule has 1 unspecified atom stereocenters. The van der Waals surface area contributed by atoms with Crippen molar-refractivity contribution < 1.29 is 23.1 Å². The van der Waals surface area contributed by atoms with Crippen LogP contribution in [-0.2, 0) is 11.2 Å². The number of rotatable bonds is 8. The Kier molecular flexibility index (Phi) is 7.24. The van der Waals surface area contributed by atoms with E-state index in [4.69, 9.17) is 16.3 Å². The Hall–Kier alpha value is -2.54. The van der Waals surface area contributed by atoms with Gasteiger partial charge < -0.3 is 10.1 Å². The molecule has 1 N–H and O–H groups in total. The molecule has 0 aliphatic rings. The van der Waals surface area contributed by atoms with Crippen molar-refractivity contribution in [3.05, 3.63) is 58.4 Å². The molecule has 0 spiro atoms. The standard InChI is InChI=1S/C19H19ClF2N2O3/c1-11(25)7-15-8-14(5-6-23-15)19(26)24-12(2)13-3-4-17(16(20)9-13)27-10-18(21)22/h3-6,8-9,12,18H,7,10H2,1-2H3,(H,24,26). The number of alkyl halides is 2. The van der Waals surface area contributed by atoms with E-state index in [0.29, 0.717) is 16.8 Å². The fraction of sp³-hybridized carbons (Fsp3) is 0.316. The molecular weight excluding hydrogens is 378 g/mol. The molecule has 0 radical (unpaired) electrons. The highest BCUT2D eigenvalue weighted by Crippen LogP contribution is 2.28. The summed E-state index contributed by atoms with van der Waals surface area (Å²) in [4.78, 5) is 27.7. The topological polar surface area (TPSA) is 68.3 Å². The van der Waals surface area contributed by atoms with Crippen molar-refractivity contribution in [2.45, 2.75) is 32.7 Å². The number of benzene rings is 1. The Morgan fingerprint density at radius 1 is 1.26 bits per heavy atom. The third kappa shape index (κ3) is 6.29. The number of nitrogens with one attached hydrogen (secondary N) is 1. The minimum absolute atomic E-state index is 0.0442. The van der Waals surface area contributed by atoms with E-state index in [1.54, 1.807) is 31.2 Å². The van der Waals surface area contributed by atoms with E-state index in [9.17, 15) is 18.4 Å². The molecule has 0 aliphatic heterocycles. The number of carbonyl (C=O) groups excluding carboxylic acids is 2. The molecular formula is C19H19ClF2N2O3. The number of carbonyl (C=O) groups is 2. The van der Waals surface area contributed by atoms with Gasteiger partial charge in [-0.05, 0) is 43.7 Å². The second-order valence-corrected chi connectivity index (χ2v) is 6.41. The van der Waals surface area contributed by atoms with Crippen LogP contribution in [0.5, 0.6) is 5.75 Å². The summed E-state index contributed by atoms with van der Waals surface area (Å²) >= 11 is 6.06. The molecule has 5 nitrogen and oxygen atoms in total. The van der Waals surface area contributed by atoms with E-state index >= 15 is 0 Å². The number of ether oxygens (including phenoxy) is 1. The molecule has 0 bridgehead atoms. The molecule has 1 aromatic heterocycles. The number of hydrogen-bond acceptors (Lipinski definition) is 4. The number of pyridine rings is 1. The predicted octanol–water partition coefficient (Wildman–Crippen LogP) is 4.00. The summed E-state index contributed by atoms with van der Waals surface area (Å²) in [5.74, 6) is -0.219. The highest BCUT2D eigenvalue weighted by molar-refractivity contribution is 6.32. The van der Waals surface area contributed by atoms with Gasteiger partial charge >= 0.3 is 0 Å². The average Bonchev–Trinajstić information content (AvgIpc) is 2.60. The third-order valence-electron chi connectivity index (χ3n) is 3.68. The smallest absolute Gasteiger partial charge is 0.272 e. The van der Waals surface area contributed by atoms with Gasteiger partial charge in [-0.2, -0.15) is 0 Å².